The number of amides is 1. The molecule has 0 aliphatic carbocycles. The lowest BCUT2D eigenvalue weighted by atomic mass is 10.1. The van der Waals surface area contributed by atoms with E-state index in [1.54, 1.807) is 0 Å². The summed E-state index contributed by atoms with van der Waals surface area (Å²) in [4.78, 5) is 23.2. The van der Waals surface area contributed by atoms with Gasteiger partial charge in [0.2, 0.25) is 5.91 Å². The molecule has 0 heterocycles. The highest BCUT2D eigenvalue weighted by Gasteiger charge is 2.05. The van der Waals surface area contributed by atoms with Crippen LogP contribution in [0.5, 0.6) is 0 Å². The number of esters is 1. The Labute approximate surface area is 139 Å². The lowest BCUT2D eigenvalue weighted by Crippen LogP contribution is -2.27. The van der Waals surface area contributed by atoms with Crippen molar-refractivity contribution in [1.82, 2.24) is 5.32 Å². The first-order valence-corrected chi connectivity index (χ1v) is 8.59. The number of hydrogen-bond donors (Lipinski definition) is 1. The molecule has 1 aromatic carbocycles. The molecule has 1 aromatic rings. The summed E-state index contributed by atoms with van der Waals surface area (Å²) in [7, 11) is 0. The van der Waals surface area contributed by atoms with E-state index < -0.39 is 0 Å². The fourth-order valence-corrected chi connectivity index (χ4v) is 2.23. The molecular formula is C19H29NO3. The Morgan fingerprint density at radius 1 is 1.04 bits per heavy atom. The molecule has 0 saturated carbocycles. The summed E-state index contributed by atoms with van der Waals surface area (Å²) in [6, 6.07) is 8.14. The van der Waals surface area contributed by atoms with Crippen LogP contribution in [0, 0.1) is 6.92 Å². The van der Waals surface area contributed by atoms with E-state index in [0.29, 0.717) is 25.8 Å². The van der Waals surface area contributed by atoms with Gasteiger partial charge in [-0.3, -0.25) is 9.59 Å². The van der Waals surface area contributed by atoms with Gasteiger partial charge in [-0.05, 0) is 25.3 Å². The van der Waals surface area contributed by atoms with E-state index in [9.17, 15) is 9.59 Å². The first kappa shape index (κ1) is 19.2. The number of benzene rings is 1. The molecule has 128 valence electrons. The molecule has 0 bridgehead atoms. The second-order valence-electron chi connectivity index (χ2n) is 5.87. The first-order chi connectivity index (χ1) is 11.1. The second kappa shape index (κ2) is 11.7. The minimum Gasteiger partial charge on any atom is -0.464 e. The van der Waals surface area contributed by atoms with Crippen LogP contribution in [0.3, 0.4) is 0 Å². The molecule has 1 rings (SSSR count). The number of ether oxygens (including phenoxy) is 1. The maximum absolute atomic E-state index is 11.6. The number of aryl methyl sites for hydroxylation is 2. The van der Waals surface area contributed by atoms with Crippen molar-refractivity contribution in [3.8, 4) is 0 Å². The van der Waals surface area contributed by atoms with Crippen LogP contribution in [0.15, 0.2) is 24.3 Å². The smallest absolute Gasteiger partial charge is 0.306 e. The zero-order chi connectivity index (χ0) is 16.9. The standard InChI is InChI=1S/C19H29NO3/c1-3-4-5-6-7-18(21)20-14-15-23-19(22)13-12-17-10-8-16(2)9-11-17/h8-11H,3-7,12-15H2,1-2H3,(H,20,21). The van der Waals surface area contributed by atoms with Crippen LogP contribution >= 0.6 is 0 Å². The molecular weight excluding hydrogens is 290 g/mol. The molecule has 23 heavy (non-hydrogen) atoms. The van der Waals surface area contributed by atoms with Gasteiger partial charge in [-0.15, -0.1) is 0 Å². The second-order valence-corrected chi connectivity index (χ2v) is 5.87. The van der Waals surface area contributed by atoms with Gasteiger partial charge in [0.05, 0.1) is 6.54 Å². The average Bonchev–Trinajstić information content (AvgIpc) is 2.55. The normalized spacial score (nSPS) is 10.3. The maximum Gasteiger partial charge on any atom is 0.306 e. The van der Waals surface area contributed by atoms with Crippen molar-refractivity contribution in [3.63, 3.8) is 0 Å². The van der Waals surface area contributed by atoms with Gasteiger partial charge in [0.15, 0.2) is 0 Å². The molecule has 0 aliphatic heterocycles. The van der Waals surface area contributed by atoms with Gasteiger partial charge in [-0.1, -0.05) is 56.0 Å². The molecule has 0 aliphatic rings. The van der Waals surface area contributed by atoms with E-state index in [2.05, 4.69) is 12.2 Å². The summed E-state index contributed by atoms with van der Waals surface area (Å²) >= 11 is 0. The number of rotatable bonds is 11. The van der Waals surface area contributed by atoms with Gasteiger partial charge in [-0.25, -0.2) is 0 Å². The van der Waals surface area contributed by atoms with Gasteiger partial charge in [0.25, 0.3) is 0 Å². The van der Waals surface area contributed by atoms with Crippen LogP contribution in [0.4, 0.5) is 0 Å². The van der Waals surface area contributed by atoms with Crippen molar-refractivity contribution in [2.24, 2.45) is 0 Å². The van der Waals surface area contributed by atoms with Crippen LogP contribution in [-0.4, -0.2) is 25.0 Å². The Hall–Kier alpha value is -1.84. The SMILES string of the molecule is CCCCCCC(=O)NCCOC(=O)CCc1ccc(C)cc1. The number of carbonyl (C=O) groups excluding carboxylic acids is 2. The first-order valence-electron chi connectivity index (χ1n) is 8.59. The van der Waals surface area contributed by atoms with E-state index in [1.807, 2.05) is 31.2 Å². The van der Waals surface area contributed by atoms with Crippen molar-refractivity contribution < 1.29 is 14.3 Å². The zero-order valence-electron chi connectivity index (χ0n) is 14.4. The van der Waals surface area contributed by atoms with Gasteiger partial charge in [0.1, 0.15) is 6.61 Å². The third-order valence-electron chi connectivity index (χ3n) is 3.68. The molecule has 4 heteroatoms. The monoisotopic (exact) mass is 319 g/mol. The lowest BCUT2D eigenvalue weighted by molar-refractivity contribution is -0.143. The van der Waals surface area contributed by atoms with Gasteiger partial charge in [-0.2, -0.15) is 0 Å². The van der Waals surface area contributed by atoms with Gasteiger partial charge in [0, 0.05) is 12.8 Å². The third kappa shape index (κ3) is 9.72. The summed E-state index contributed by atoms with van der Waals surface area (Å²) in [5.41, 5.74) is 2.34. The van der Waals surface area contributed by atoms with E-state index in [4.69, 9.17) is 4.74 Å². The highest BCUT2D eigenvalue weighted by Crippen LogP contribution is 2.06. The topological polar surface area (TPSA) is 55.4 Å². The summed E-state index contributed by atoms with van der Waals surface area (Å²) < 4.78 is 5.13. The summed E-state index contributed by atoms with van der Waals surface area (Å²) in [5, 5.41) is 2.78. The molecule has 0 aromatic heterocycles. The summed E-state index contributed by atoms with van der Waals surface area (Å²) in [6.45, 7) is 4.82. The Kier molecular flexibility index (Phi) is 9.76. The Morgan fingerprint density at radius 3 is 2.48 bits per heavy atom. The molecule has 0 fully saturated rings. The number of carbonyl (C=O) groups is 2. The molecule has 1 amide bonds. The Morgan fingerprint density at radius 2 is 1.78 bits per heavy atom. The molecule has 0 spiro atoms. The van der Waals surface area contributed by atoms with Gasteiger partial charge < -0.3 is 10.1 Å². The van der Waals surface area contributed by atoms with Crippen molar-refractivity contribution in [2.45, 2.75) is 58.8 Å². The maximum atomic E-state index is 11.6. The van der Waals surface area contributed by atoms with Crippen LogP contribution in [-0.2, 0) is 20.7 Å². The molecule has 4 nitrogen and oxygen atoms in total. The van der Waals surface area contributed by atoms with E-state index >= 15 is 0 Å². The van der Waals surface area contributed by atoms with Gasteiger partial charge >= 0.3 is 5.97 Å². The lowest BCUT2D eigenvalue weighted by Gasteiger charge is -2.07. The number of unbranched alkanes of at least 4 members (excludes halogenated alkanes) is 3. The Balaban J connectivity index is 2.03. The summed E-state index contributed by atoms with van der Waals surface area (Å²) in [5.74, 6) is -0.181. The highest BCUT2D eigenvalue weighted by molar-refractivity contribution is 5.75. The van der Waals surface area contributed by atoms with E-state index in [-0.39, 0.29) is 18.5 Å². The van der Waals surface area contributed by atoms with Crippen LogP contribution < -0.4 is 5.32 Å². The average molecular weight is 319 g/mol. The van der Waals surface area contributed by atoms with Crippen LogP contribution in [0.1, 0.15) is 56.6 Å². The van der Waals surface area contributed by atoms with E-state index in [1.165, 1.54) is 18.4 Å². The predicted octanol–water partition coefficient (Wildman–Crippen LogP) is 3.56. The fraction of sp³-hybridized carbons (Fsp3) is 0.579. The molecule has 0 saturated heterocycles. The van der Waals surface area contributed by atoms with Crippen LogP contribution in [0.25, 0.3) is 0 Å². The van der Waals surface area contributed by atoms with Crippen molar-refractivity contribution >= 4 is 11.9 Å². The minimum atomic E-state index is -0.220. The minimum absolute atomic E-state index is 0.0387. The fourth-order valence-electron chi connectivity index (χ4n) is 2.23. The van der Waals surface area contributed by atoms with Crippen molar-refractivity contribution in [3.05, 3.63) is 35.4 Å². The molecule has 0 atom stereocenters. The summed E-state index contributed by atoms with van der Waals surface area (Å²) in [6.07, 6.45) is 5.97. The highest BCUT2D eigenvalue weighted by atomic mass is 16.5. The zero-order valence-corrected chi connectivity index (χ0v) is 14.4. The van der Waals surface area contributed by atoms with Crippen molar-refractivity contribution in [1.29, 1.82) is 0 Å². The Bertz CT molecular complexity index is 468. The third-order valence-corrected chi connectivity index (χ3v) is 3.68. The van der Waals surface area contributed by atoms with Crippen molar-refractivity contribution in [2.75, 3.05) is 13.2 Å². The van der Waals surface area contributed by atoms with Crippen LogP contribution in [0.2, 0.25) is 0 Å². The molecule has 1 N–H and O–H groups in total. The predicted molar refractivity (Wildman–Crippen MR) is 92.2 cm³/mol. The largest absolute Gasteiger partial charge is 0.464 e. The molecule has 0 radical (unpaired) electrons. The van der Waals surface area contributed by atoms with E-state index in [0.717, 1.165) is 18.4 Å². The number of nitrogens with one attached hydrogen (secondary N) is 1. The quantitative estimate of drug-likeness (QED) is 0.501. The molecule has 0 unspecified atom stereocenters. The number of hydrogen-bond acceptors (Lipinski definition) is 3.